The van der Waals surface area contributed by atoms with Crippen LogP contribution in [0.5, 0.6) is 0 Å². The van der Waals surface area contributed by atoms with Gasteiger partial charge in [-0.05, 0) is 17.8 Å². The third kappa shape index (κ3) is 2.40. The molecular weight excluding hydrogens is 170 g/mol. The number of hydrogen-bond donors (Lipinski definition) is 0. The molecule has 0 heterocycles. The predicted molar refractivity (Wildman–Crippen MR) is 58.1 cm³/mol. The standard InChI is InChI=1S/C9H12P2/c1-2-9(11-10)8-6-4-3-5-7-8/h2-7,11H,10H2,1H3/b9-2-. The summed E-state index contributed by atoms with van der Waals surface area (Å²) in [5.74, 6) is 0. The van der Waals surface area contributed by atoms with Crippen LogP contribution in [0, 0.1) is 0 Å². The second-order valence-corrected chi connectivity index (χ2v) is 3.91. The van der Waals surface area contributed by atoms with E-state index in [9.17, 15) is 0 Å². The van der Waals surface area contributed by atoms with Crippen LogP contribution in [0.1, 0.15) is 12.5 Å². The van der Waals surface area contributed by atoms with Gasteiger partial charge in [0.1, 0.15) is 0 Å². The van der Waals surface area contributed by atoms with E-state index in [1.54, 1.807) is 0 Å². The first kappa shape index (κ1) is 8.91. The third-order valence-electron chi connectivity index (χ3n) is 1.53. The Kier molecular flexibility index (Phi) is 3.77. The fraction of sp³-hybridized carbons (Fsp3) is 0.111. The van der Waals surface area contributed by atoms with Gasteiger partial charge in [-0.25, -0.2) is 0 Å². The summed E-state index contributed by atoms with van der Waals surface area (Å²) in [6, 6.07) is 10.5. The van der Waals surface area contributed by atoms with Crippen LogP contribution in [0.2, 0.25) is 0 Å². The van der Waals surface area contributed by atoms with E-state index < -0.39 is 0 Å². The van der Waals surface area contributed by atoms with Crippen molar-refractivity contribution < 1.29 is 0 Å². The summed E-state index contributed by atoms with van der Waals surface area (Å²) in [6.45, 7) is 2.08. The third-order valence-corrected chi connectivity index (χ3v) is 3.35. The normalized spacial score (nSPS) is 12.7. The van der Waals surface area contributed by atoms with Crippen LogP contribution in [-0.2, 0) is 0 Å². The summed E-state index contributed by atoms with van der Waals surface area (Å²) in [5.41, 5.74) is 1.34. The van der Waals surface area contributed by atoms with E-state index in [0.717, 1.165) is 8.27 Å². The maximum Gasteiger partial charge on any atom is -0.0182 e. The lowest BCUT2D eigenvalue weighted by Crippen LogP contribution is -1.73. The van der Waals surface area contributed by atoms with Gasteiger partial charge in [-0.3, -0.25) is 0 Å². The zero-order chi connectivity index (χ0) is 8.10. The first-order valence-electron chi connectivity index (χ1n) is 3.57. The fourth-order valence-electron chi connectivity index (χ4n) is 0.951. The minimum Gasteiger partial charge on any atom is -0.110 e. The van der Waals surface area contributed by atoms with E-state index in [-0.39, 0.29) is 0 Å². The van der Waals surface area contributed by atoms with Crippen molar-refractivity contribution >= 4 is 22.5 Å². The highest BCUT2D eigenvalue weighted by molar-refractivity contribution is 8.08. The molecule has 1 aromatic carbocycles. The summed E-state index contributed by atoms with van der Waals surface area (Å²) in [6.07, 6.45) is 2.17. The van der Waals surface area contributed by atoms with Crippen LogP contribution in [-0.4, -0.2) is 0 Å². The first-order chi connectivity index (χ1) is 5.38. The van der Waals surface area contributed by atoms with Crippen LogP contribution < -0.4 is 0 Å². The maximum atomic E-state index is 2.77. The molecule has 1 rings (SSSR count). The topological polar surface area (TPSA) is 0 Å². The van der Waals surface area contributed by atoms with Crippen LogP contribution >= 0.6 is 17.2 Å². The Labute approximate surface area is 72.0 Å². The summed E-state index contributed by atoms with van der Waals surface area (Å²) < 4.78 is 0. The Morgan fingerprint density at radius 2 is 2.00 bits per heavy atom. The molecule has 0 bridgehead atoms. The van der Waals surface area contributed by atoms with Crippen molar-refractivity contribution in [1.82, 2.24) is 0 Å². The number of rotatable bonds is 2. The molecule has 0 saturated carbocycles. The summed E-state index contributed by atoms with van der Waals surface area (Å²) in [5, 5.41) is 1.41. The Bertz CT molecular complexity index is 239. The van der Waals surface area contributed by atoms with Gasteiger partial charge in [-0.1, -0.05) is 44.7 Å². The van der Waals surface area contributed by atoms with Gasteiger partial charge in [0, 0.05) is 0 Å². The monoisotopic (exact) mass is 182 g/mol. The van der Waals surface area contributed by atoms with Crippen LogP contribution in [0.25, 0.3) is 5.31 Å². The van der Waals surface area contributed by atoms with E-state index in [1.807, 2.05) is 6.07 Å². The smallest absolute Gasteiger partial charge is 0.0182 e. The molecule has 0 saturated heterocycles. The second-order valence-electron chi connectivity index (χ2n) is 2.21. The summed E-state index contributed by atoms with van der Waals surface area (Å²) in [7, 11) is 3.58. The molecule has 0 nitrogen and oxygen atoms in total. The SMILES string of the molecule is C/C=C(\PP)c1ccccc1. The van der Waals surface area contributed by atoms with Gasteiger partial charge >= 0.3 is 0 Å². The Hall–Kier alpha value is -0.180. The molecule has 0 N–H and O–H groups in total. The van der Waals surface area contributed by atoms with Crippen LogP contribution in [0.15, 0.2) is 36.4 Å². The molecular formula is C9H12P2. The van der Waals surface area contributed by atoms with E-state index >= 15 is 0 Å². The minimum absolute atomic E-state index is 0.804. The Morgan fingerprint density at radius 1 is 1.36 bits per heavy atom. The molecule has 2 atom stereocenters. The van der Waals surface area contributed by atoms with Gasteiger partial charge in [0.25, 0.3) is 0 Å². The summed E-state index contributed by atoms with van der Waals surface area (Å²) in [4.78, 5) is 0. The van der Waals surface area contributed by atoms with E-state index in [2.05, 4.69) is 46.2 Å². The van der Waals surface area contributed by atoms with Crippen molar-refractivity contribution in [2.75, 3.05) is 0 Å². The highest BCUT2D eigenvalue weighted by Crippen LogP contribution is 2.38. The molecule has 0 aliphatic heterocycles. The van der Waals surface area contributed by atoms with Crippen molar-refractivity contribution in [3.63, 3.8) is 0 Å². The molecule has 0 aliphatic rings. The van der Waals surface area contributed by atoms with Crippen molar-refractivity contribution in [2.45, 2.75) is 6.92 Å². The molecule has 0 aromatic heterocycles. The average molecular weight is 182 g/mol. The molecule has 0 amide bonds. The van der Waals surface area contributed by atoms with Gasteiger partial charge in [-0.2, -0.15) is 0 Å². The Balaban J connectivity index is 2.92. The van der Waals surface area contributed by atoms with Gasteiger partial charge < -0.3 is 0 Å². The van der Waals surface area contributed by atoms with Gasteiger partial charge in [-0.15, -0.1) is 8.93 Å². The van der Waals surface area contributed by atoms with Crippen molar-refractivity contribution in [2.24, 2.45) is 0 Å². The summed E-state index contributed by atoms with van der Waals surface area (Å²) >= 11 is 0. The molecule has 2 unspecified atom stereocenters. The maximum absolute atomic E-state index is 2.77. The highest BCUT2D eigenvalue weighted by atomic mass is 32.0. The lowest BCUT2D eigenvalue weighted by molar-refractivity contribution is 1.63. The lowest BCUT2D eigenvalue weighted by Gasteiger charge is -2.01. The molecule has 0 spiro atoms. The fourth-order valence-corrected chi connectivity index (χ4v) is 2.45. The molecule has 0 aliphatic carbocycles. The van der Waals surface area contributed by atoms with Crippen molar-refractivity contribution in [1.29, 1.82) is 0 Å². The van der Waals surface area contributed by atoms with Crippen molar-refractivity contribution in [3.8, 4) is 0 Å². The van der Waals surface area contributed by atoms with Gasteiger partial charge in [0.15, 0.2) is 0 Å². The average Bonchev–Trinajstić information content (AvgIpc) is 2.09. The Morgan fingerprint density at radius 3 is 2.45 bits per heavy atom. The highest BCUT2D eigenvalue weighted by Gasteiger charge is 1.94. The number of benzene rings is 1. The second kappa shape index (κ2) is 4.65. The minimum atomic E-state index is 0.804. The largest absolute Gasteiger partial charge is 0.110 e. The zero-order valence-electron chi connectivity index (χ0n) is 6.54. The molecule has 2 heteroatoms. The number of hydrogen-bond acceptors (Lipinski definition) is 0. The van der Waals surface area contributed by atoms with Crippen LogP contribution in [0.3, 0.4) is 0 Å². The van der Waals surface area contributed by atoms with Crippen molar-refractivity contribution in [3.05, 3.63) is 42.0 Å². The molecule has 0 fully saturated rings. The van der Waals surface area contributed by atoms with E-state index in [1.165, 1.54) is 10.9 Å². The molecule has 0 radical (unpaired) electrons. The lowest BCUT2D eigenvalue weighted by atomic mass is 10.2. The zero-order valence-corrected chi connectivity index (χ0v) is 8.70. The van der Waals surface area contributed by atoms with Crippen LogP contribution in [0.4, 0.5) is 0 Å². The van der Waals surface area contributed by atoms with E-state index in [4.69, 9.17) is 0 Å². The first-order valence-corrected chi connectivity index (χ1v) is 6.37. The van der Waals surface area contributed by atoms with E-state index in [0.29, 0.717) is 0 Å². The predicted octanol–water partition coefficient (Wildman–Crippen LogP) is 3.52. The molecule has 58 valence electrons. The van der Waals surface area contributed by atoms with Gasteiger partial charge in [0.2, 0.25) is 0 Å². The quantitative estimate of drug-likeness (QED) is 0.614. The molecule has 11 heavy (non-hydrogen) atoms. The number of allylic oxidation sites excluding steroid dienone is 1. The van der Waals surface area contributed by atoms with Gasteiger partial charge in [0.05, 0.1) is 0 Å². The molecule has 1 aromatic rings.